The molecule has 0 bridgehead atoms. The van der Waals surface area contributed by atoms with Gasteiger partial charge < -0.3 is 9.73 Å². The van der Waals surface area contributed by atoms with Crippen LogP contribution in [0, 0.1) is 25.7 Å². The number of aromatic nitrogens is 1. The predicted octanol–water partition coefficient (Wildman–Crippen LogP) is 5.13. The van der Waals surface area contributed by atoms with Crippen molar-refractivity contribution in [1.82, 2.24) is 10.3 Å². The highest BCUT2D eigenvalue weighted by Gasteiger charge is 2.28. The van der Waals surface area contributed by atoms with E-state index in [4.69, 9.17) is 4.42 Å². The largest absolute Gasteiger partial charge is 0.441 e. The second-order valence-electron chi connectivity index (χ2n) is 7.83. The molecule has 3 rings (SSSR count). The second-order valence-corrected chi connectivity index (χ2v) is 8.81. The molecule has 146 valence electrons. The maximum absolute atomic E-state index is 12.3. The summed E-state index contributed by atoms with van der Waals surface area (Å²) in [7, 11) is 0. The predicted molar refractivity (Wildman–Crippen MR) is 112 cm³/mol. The molecule has 0 spiro atoms. The molecule has 1 heterocycles. The fraction of sp³-hybridized carbons (Fsp3) is 0.545. The van der Waals surface area contributed by atoms with Gasteiger partial charge in [0.15, 0.2) is 0 Å². The lowest BCUT2D eigenvalue weighted by Crippen LogP contribution is -2.44. The van der Waals surface area contributed by atoms with E-state index in [1.54, 1.807) is 11.8 Å². The summed E-state index contributed by atoms with van der Waals surface area (Å²) < 4.78 is 5.84. The minimum atomic E-state index is 0.131. The molecule has 3 unspecified atom stereocenters. The molecular weight excluding hydrogens is 356 g/mol. The van der Waals surface area contributed by atoms with Gasteiger partial charge in [-0.25, -0.2) is 4.98 Å². The molecule has 1 amide bonds. The third kappa shape index (κ3) is 5.16. The number of hydrogen-bond donors (Lipinski definition) is 1. The van der Waals surface area contributed by atoms with Gasteiger partial charge >= 0.3 is 0 Å². The Morgan fingerprint density at radius 3 is 2.89 bits per heavy atom. The fourth-order valence-electron chi connectivity index (χ4n) is 3.74. The number of nitrogens with one attached hydrogen (secondary N) is 1. The van der Waals surface area contributed by atoms with Crippen molar-refractivity contribution in [3.05, 3.63) is 41.3 Å². The topological polar surface area (TPSA) is 55.1 Å². The van der Waals surface area contributed by atoms with Crippen LogP contribution in [-0.2, 0) is 10.5 Å². The van der Waals surface area contributed by atoms with Crippen LogP contribution in [0.4, 0.5) is 0 Å². The molecule has 0 radical (unpaired) electrons. The molecule has 3 atom stereocenters. The number of carbonyl (C=O) groups excluding carboxylic acids is 1. The Balaban J connectivity index is 1.51. The second kappa shape index (κ2) is 8.96. The molecule has 1 fully saturated rings. The van der Waals surface area contributed by atoms with Gasteiger partial charge in [0.1, 0.15) is 5.76 Å². The van der Waals surface area contributed by atoms with Crippen LogP contribution in [0.5, 0.6) is 0 Å². The van der Waals surface area contributed by atoms with Gasteiger partial charge in [-0.15, -0.1) is 11.8 Å². The average molecular weight is 387 g/mol. The molecule has 1 aromatic heterocycles. The maximum atomic E-state index is 12.3. The zero-order valence-electron chi connectivity index (χ0n) is 16.7. The monoisotopic (exact) mass is 386 g/mol. The Morgan fingerprint density at radius 1 is 1.30 bits per heavy atom. The number of amides is 1. The van der Waals surface area contributed by atoms with Gasteiger partial charge in [-0.3, -0.25) is 4.79 Å². The van der Waals surface area contributed by atoms with Crippen molar-refractivity contribution in [2.45, 2.75) is 58.8 Å². The van der Waals surface area contributed by atoms with E-state index in [2.05, 4.69) is 43.2 Å². The van der Waals surface area contributed by atoms with Crippen LogP contribution in [0.3, 0.4) is 0 Å². The van der Waals surface area contributed by atoms with E-state index in [-0.39, 0.29) is 5.91 Å². The molecule has 0 saturated heterocycles. The highest BCUT2D eigenvalue weighted by Crippen LogP contribution is 2.29. The van der Waals surface area contributed by atoms with E-state index in [9.17, 15) is 4.79 Å². The molecule has 1 aliphatic rings. The first kappa shape index (κ1) is 20.0. The van der Waals surface area contributed by atoms with Crippen LogP contribution >= 0.6 is 11.8 Å². The maximum Gasteiger partial charge on any atom is 0.230 e. The summed E-state index contributed by atoms with van der Waals surface area (Å²) in [6.07, 6.45) is 3.59. The van der Waals surface area contributed by atoms with E-state index in [1.165, 1.54) is 18.4 Å². The smallest absolute Gasteiger partial charge is 0.230 e. The van der Waals surface area contributed by atoms with Crippen molar-refractivity contribution in [3.8, 4) is 11.5 Å². The summed E-state index contributed by atoms with van der Waals surface area (Å²) in [6.45, 7) is 8.54. The first-order valence-corrected chi connectivity index (χ1v) is 11.0. The Labute approximate surface area is 166 Å². The quantitative estimate of drug-likeness (QED) is 0.747. The molecule has 5 heteroatoms. The summed E-state index contributed by atoms with van der Waals surface area (Å²) in [5, 5.41) is 3.23. The lowest BCUT2D eigenvalue weighted by molar-refractivity contribution is -0.119. The molecule has 1 aliphatic carbocycles. The van der Waals surface area contributed by atoms with Crippen molar-refractivity contribution in [2.75, 3.05) is 5.75 Å². The molecule has 4 nitrogen and oxygen atoms in total. The van der Waals surface area contributed by atoms with Gasteiger partial charge in [-0.2, -0.15) is 0 Å². The molecule has 2 aromatic rings. The Bertz CT molecular complexity index is 786. The van der Waals surface area contributed by atoms with Gasteiger partial charge in [0, 0.05) is 17.4 Å². The third-order valence-corrected chi connectivity index (χ3v) is 6.63. The van der Waals surface area contributed by atoms with Crippen LogP contribution in [0.25, 0.3) is 11.5 Å². The lowest BCUT2D eigenvalue weighted by atomic mass is 9.78. The zero-order chi connectivity index (χ0) is 19.4. The third-order valence-electron chi connectivity index (χ3n) is 5.68. The number of rotatable bonds is 6. The standard InChI is InChI=1S/C22H30N2O2S/c1-14-7-5-9-18(11-14)22-24-20(17(4)26-22)12-27-13-21(25)23-19-10-6-8-15(2)16(19)3/h5,7,9,11,15-16,19H,6,8,10,12-13H2,1-4H3,(H,23,25). The van der Waals surface area contributed by atoms with E-state index in [1.807, 2.05) is 19.1 Å². The number of aryl methyl sites for hydroxylation is 2. The molecule has 0 aliphatic heterocycles. The summed E-state index contributed by atoms with van der Waals surface area (Å²) >= 11 is 1.60. The molecule has 1 N–H and O–H groups in total. The number of oxazole rings is 1. The molecular formula is C22H30N2O2S. The van der Waals surface area contributed by atoms with Gasteiger partial charge in [-0.05, 0) is 44.2 Å². The van der Waals surface area contributed by atoms with E-state index in [0.29, 0.717) is 35.3 Å². The Hall–Kier alpha value is -1.75. The minimum Gasteiger partial charge on any atom is -0.441 e. The minimum absolute atomic E-state index is 0.131. The first-order valence-electron chi connectivity index (χ1n) is 9.84. The van der Waals surface area contributed by atoms with Crippen LogP contribution in [0.2, 0.25) is 0 Å². The number of carbonyl (C=O) groups is 1. The van der Waals surface area contributed by atoms with Gasteiger partial charge in [0.25, 0.3) is 0 Å². The number of nitrogens with zero attached hydrogens (tertiary/aromatic N) is 1. The summed E-state index contributed by atoms with van der Waals surface area (Å²) in [5.41, 5.74) is 3.10. The van der Waals surface area contributed by atoms with Crippen molar-refractivity contribution in [3.63, 3.8) is 0 Å². The average Bonchev–Trinajstić information content (AvgIpc) is 3.00. The zero-order valence-corrected chi connectivity index (χ0v) is 17.6. The number of benzene rings is 1. The lowest BCUT2D eigenvalue weighted by Gasteiger charge is -2.34. The number of thioether (sulfide) groups is 1. The fourth-order valence-corrected chi connectivity index (χ4v) is 4.57. The van der Waals surface area contributed by atoms with Gasteiger partial charge in [0.2, 0.25) is 11.8 Å². The van der Waals surface area contributed by atoms with Crippen LogP contribution < -0.4 is 5.32 Å². The highest BCUT2D eigenvalue weighted by atomic mass is 32.2. The summed E-state index contributed by atoms with van der Waals surface area (Å²) in [6, 6.07) is 8.47. The van der Waals surface area contributed by atoms with E-state index in [0.717, 1.165) is 23.4 Å². The highest BCUT2D eigenvalue weighted by molar-refractivity contribution is 7.99. The molecule has 27 heavy (non-hydrogen) atoms. The Kier molecular flexibility index (Phi) is 6.64. The van der Waals surface area contributed by atoms with Crippen LogP contribution in [0.1, 0.15) is 50.1 Å². The van der Waals surface area contributed by atoms with E-state index >= 15 is 0 Å². The normalized spacial score (nSPS) is 22.6. The molecule has 1 saturated carbocycles. The number of hydrogen-bond acceptors (Lipinski definition) is 4. The Morgan fingerprint density at radius 2 is 2.11 bits per heavy atom. The SMILES string of the molecule is Cc1cccc(-c2nc(CSCC(=O)NC3CCCC(C)C3C)c(C)o2)c1. The van der Waals surface area contributed by atoms with Crippen molar-refractivity contribution < 1.29 is 9.21 Å². The van der Waals surface area contributed by atoms with Crippen LogP contribution in [0.15, 0.2) is 28.7 Å². The van der Waals surface area contributed by atoms with Gasteiger partial charge in [-0.1, -0.05) is 44.4 Å². The van der Waals surface area contributed by atoms with Crippen LogP contribution in [-0.4, -0.2) is 22.7 Å². The van der Waals surface area contributed by atoms with Gasteiger partial charge in [0.05, 0.1) is 11.4 Å². The summed E-state index contributed by atoms with van der Waals surface area (Å²) in [5.74, 6) is 4.01. The van der Waals surface area contributed by atoms with Crippen molar-refractivity contribution >= 4 is 17.7 Å². The van der Waals surface area contributed by atoms with E-state index < -0.39 is 0 Å². The molecule has 1 aromatic carbocycles. The van der Waals surface area contributed by atoms with Crippen molar-refractivity contribution in [1.29, 1.82) is 0 Å². The first-order chi connectivity index (χ1) is 12.9. The van der Waals surface area contributed by atoms with Crippen molar-refractivity contribution in [2.24, 2.45) is 11.8 Å². The summed E-state index contributed by atoms with van der Waals surface area (Å²) in [4.78, 5) is 17.0.